The summed E-state index contributed by atoms with van der Waals surface area (Å²) in [6.07, 6.45) is 7.28. The zero-order chi connectivity index (χ0) is 8.81. The summed E-state index contributed by atoms with van der Waals surface area (Å²) in [5.74, 6) is 0. The molecule has 0 aliphatic rings. The van der Waals surface area contributed by atoms with E-state index in [0.29, 0.717) is 6.04 Å². The van der Waals surface area contributed by atoms with Gasteiger partial charge in [0.1, 0.15) is 0 Å². The van der Waals surface area contributed by atoms with Crippen LogP contribution < -0.4 is 5.73 Å². The second-order valence-corrected chi connectivity index (χ2v) is 3.24. The number of nitrogens with two attached hydrogens (primary N) is 1. The molecule has 0 amide bonds. The summed E-state index contributed by atoms with van der Waals surface area (Å²) in [5.41, 5.74) is 5.63. The first kappa shape index (κ1) is 9.26. The van der Waals surface area contributed by atoms with Crippen LogP contribution in [0.5, 0.6) is 0 Å². The first-order valence-electron chi connectivity index (χ1n) is 4.52. The van der Waals surface area contributed by atoms with Gasteiger partial charge in [0.05, 0.1) is 0 Å². The number of rotatable bonds is 5. The summed E-state index contributed by atoms with van der Waals surface area (Å²) in [6, 6.07) is 2.29. The molecule has 1 aromatic heterocycles. The third-order valence-corrected chi connectivity index (χ3v) is 1.86. The predicted molar refractivity (Wildman–Crippen MR) is 49.7 cm³/mol. The molecule has 1 atom stereocenters. The van der Waals surface area contributed by atoms with Gasteiger partial charge >= 0.3 is 0 Å². The minimum Gasteiger partial charge on any atom is -0.328 e. The smallest absolute Gasteiger partial charge is 0.0489 e. The molecule has 2 N–H and O–H groups in total. The molecule has 1 rings (SSSR count). The lowest BCUT2D eigenvalue weighted by Gasteiger charge is -2.04. The van der Waals surface area contributed by atoms with Gasteiger partial charge in [0.25, 0.3) is 0 Å². The molecule has 3 heteroatoms. The monoisotopic (exact) mass is 167 g/mol. The van der Waals surface area contributed by atoms with Crippen molar-refractivity contribution >= 4 is 0 Å². The highest BCUT2D eigenvalue weighted by atomic mass is 15.3. The van der Waals surface area contributed by atoms with Gasteiger partial charge < -0.3 is 5.73 Å². The summed E-state index contributed by atoms with van der Waals surface area (Å²) >= 11 is 0. The predicted octanol–water partition coefficient (Wildman–Crippen LogP) is 1.40. The van der Waals surface area contributed by atoms with E-state index in [1.807, 2.05) is 30.1 Å². The van der Waals surface area contributed by atoms with Crippen molar-refractivity contribution in [2.75, 3.05) is 0 Å². The highest BCUT2D eigenvalue weighted by Gasteiger charge is 1.94. The fourth-order valence-electron chi connectivity index (χ4n) is 1.17. The summed E-state index contributed by atoms with van der Waals surface area (Å²) in [6.45, 7) is 3.06. The topological polar surface area (TPSA) is 43.8 Å². The number of unbranched alkanes of at least 4 members (excludes halogenated alkanes) is 1. The molecule has 0 spiro atoms. The number of hydrogen-bond donors (Lipinski definition) is 1. The molecule has 0 aromatic carbocycles. The Labute approximate surface area is 73.6 Å². The quantitative estimate of drug-likeness (QED) is 0.674. The van der Waals surface area contributed by atoms with E-state index in [0.717, 1.165) is 13.0 Å². The van der Waals surface area contributed by atoms with Crippen LogP contribution in [0.4, 0.5) is 0 Å². The van der Waals surface area contributed by atoms with Crippen molar-refractivity contribution in [3.05, 3.63) is 18.5 Å². The maximum Gasteiger partial charge on any atom is 0.0489 e. The normalized spacial score (nSPS) is 13.2. The van der Waals surface area contributed by atoms with E-state index in [4.69, 9.17) is 5.73 Å². The molecule has 0 bridgehead atoms. The summed E-state index contributed by atoms with van der Waals surface area (Å²) in [7, 11) is 0. The maximum absolute atomic E-state index is 5.63. The Morgan fingerprint density at radius 2 is 2.33 bits per heavy atom. The minimum absolute atomic E-state index is 0.336. The Balaban J connectivity index is 2.04. The number of nitrogens with zero attached hydrogens (tertiary/aromatic N) is 2. The molecule has 12 heavy (non-hydrogen) atoms. The highest BCUT2D eigenvalue weighted by Crippen LogP contribution is 2.00. The first-order chi connectivity index (χ1) is 5.79. The third-order valence-electron chi connectivity index (χ3n) is 1.86. The zero-order valence-electron chi connectivity index (χ0n) is 7.61. The van der Waals surface area contributed by atoms with Crippen molar-refractivity contribution in [1.82, 2.24) is 9.78 Å². The van der Waals surface area contributed by atoms with Gasteiger partial charge in [-0.15, -0.1) is 0 Å². The van der Waals surface area contributed by atoms with Gasteiger partial charge in [-0.25, -0.2) is 0 Å². The van der Waals surface area contributed by atoms with Crippen molar-refractivity contribution in [3.63, 3.8) is 0 Å². The van der Waals surface area contributed by atoms with E-state index in [1.165, 1.54) is 12.8 Å². The Morgan fingerprint density at radius 1 is 1.50 bits per heavy atom. The maximum atomic E-state index is 5.63. The molecular weight excluding hydrogens is 150 g/mol. The lowest BCUT2D eigenvalue weighted by atomic mass is 10.1. The van der Waals surface area contributed by atoms with E-state index in [1.54, 1.807) is 0 Å². The van der Waals surface area contributed by atoms with Crippen molar-refractivity contribution in [2.45, 2.75) is 38.8 Å². The van der Waals surface area contributed by atoms with E-state index >= 15 is 0 Å². The van der Waals surface area contributed by atoms with Gasteiger partial charge in [0.2, 0.25) is 0 Å². The SMILES string of the molecule is C[C@@H](N)CCCCn1cccn1. The molecule has 0 unspecified atom stereocenters. The lowest BCUT2D eigenvalue weighted by Crippen LogP contribution is -2.14. The number of aryl methyl sites for hydroxylation is 1. The van der Waals surface area contributed by atoms with Crippen LogP contribution in [0, 0.1) is 0 Å². The molecule has 68 valence electrons. The summed E-state index contributed by atoms with van der Waals surface area (Å²) < 4.78 is 1.96. The first-order valence-corrected chi connectivity index (χ1v) is 4.52. The van der Waals surface area contributed by atoms with E-state index in [2.05, 4.69) is 5.10 Å². The van der Waals surface area contributed by atoms with Gasteiger partial charge in [0, 0.05) is 25.0 Å². The summed E-state index contributed by atoms with van der Waals surface area (Å²) in [4.78, 5) is 0. The largest absolute Gasteiger partial charge is 0.328 e. The van der Waals surface area contributed by atoms with Crippen LogP contribution in [0.1, 0.15) is 26.2 Å². The molecule has 1 aromatic rings. The Bertz CT molecular complexity index is 192. The van der Waals surface area contributed by atoms with E-state index in [-0.39, 0.29) is 0 Å². The van der Waals surface area contributed by atoms with E-state index in [9.17, 15) is 0 Å². The van der Waals surface area contributed by atoms with Crippen LogP contribution in [-0.2, 0) is 6.54 Å². The second kappa shape index (κ2) is 4.93. The molecule has 1 heterocycles. The van der Waals surface area contributed by atoms with Gasteiger partial charge in [-0.05, 0) is 25.8 Å². The molecule has 0 saturated carbocycles. The Kier molecular flexibility index (Phi) is 3.80. The van der Waals surface area contributed by atoms with E-state index < -0.39 is 0 Å². The fraction of sp³-hybridized carbons (Fsp3) is 0.667. The highest BCUT2D eigenvalue weighted by molar-refractivity contribution is 4.77. The van der Waals surface area contributed by atoms with Gasteiger partial charge in [0.15, 0.2) is 0 Å². The van der Waals surface area contributed by atoms with Crippen molar-refractivity contribution in [3.8, 4) is 0 Å². The zero-order valence-corrected chi connectivity index (χ0v) is 7.61. The van der Waals surface area contributed by atoms with Gasteiger partial charge in [-0.2, -0.15) is 5.10 Å². The molecule has 0 radical (unpaired) electrons. The molecule has 3 nitrogen and oxygen atoms in total. The lowest BCUT2D eigenvalue weighted by molar-refractivity contribution is 0.521. The molecular formula is C9H17N3. The Hall–Kier alpha value is -0.830. The van der Waals surface area contributed by atoms with Crippen LogP contribution in [0.3, 0.4) is 0 Å². The standard InChI is InChI=1S/C9H17N3/c1-9(10)5-2-3-7-12-8-4-6-11-12/h4,6,8-9H,2-3,5,7,10H2,1H3/t9-/m1/s1. The summed E-state index contributed by atoms with van der Waals surface area (Å²) in [5, 5.41) is 4.12. The van der Waals surface area contributed by atoms with Crippen molar-refractivity contribution < 1.29 is 0 Å². The molecule has 0 saturated heterocycles. The van der Waals surface area contributed by atoms with Crippen molar-refractivity contribution in [1.29, 1.82) is 0 Å². The van der Waals surface area contributed by atoms with Gasteiger partial charge in [-0.1, -0.05) is 6.42 Å². The number of hydrogen-bond acceptors (Lipinski definition) is 2. The van der Waals surface area contributed by atoms with Crippen LogP contribution in [0.25, 0.3) is 0 Å². The number of aromatic nitrogens is 2. The minimum atomic E-state index is 0.336. The molecule has 0 aliphatic heterocycles. The Morgan fingerprint density at radius 3 is 2.92 bits per heavy atom. The van der Waals surface area contributed by atoms with Gasteiger partial charge in [-0.3, -0.25) is 4.68 Å². The average Bonchev–Trinajstić information content (AvgIpc) is 2.49. The molecule has 0 aliphatic carbocycles. The van der Waals surface area contributed by atoms with Crippen LogP contribution in [0.2, 0.25) is 0 Å². The fourth-order valence-corrected chi connectivity index (χ4v) is 1.17. The third kappa shape index (κ3) is 3.53. The average molecular weight is 167 g/mol. The van der Waals surface area contributed by atoms with Crippen LogP contribution in [0.15, 0.2) is 18.5 Å². The van der Waals surface area contributed by atoms with Crippen LogP contribution >= 0.6 is 0 Å². The van der Waals surface area contributed by atoms with Crippen molar-refractivity contribution in [2.24, 2.45) is 5.73 Å². The molecule has 0 fully saturated rings. The second-order valence-electron chi connectivity index (χ2n) is 3.24. The van der Waals surface area contributed by atoms with Crippen LogP contribution in [-0.4, -0.2) is 15.8 Å².